The van der Waals surface area contributed by atoms with Gasteiger partial charge in [0.1, 0.15) is 5.82 Å². The molecule has 0 saturated carbocycles. The molecule has 152 valence electrons. The summed E-state index contributed by atoms with van der Waals surface area (Å²) in [7, 11) is 0. The number of carbonyl (C=O) groups is 1. The van der Waals surface area contributed by atoms with Crippen molar-refractivity contribution in [1.29, 1.82) is 0 Å². The largest absolute Gasteiger partial charge is 0.350 e. The van der Waals surface area contributed by atoms with E-state index < -0.39 is 0 Å². The lowest BCUT2D eigenvalue weighted by atomic mass is 10.1. The van der Waals surface area contributed by atoms with E-state index in [0.717, 1.165) is 47.2 Å². The number of aromatic amines is 1. The minimum atomic E-state index is -0.360. The van der Waals surface area contributed by atoms with Crippen LogP contribution in [0.3, 0.4) is 0 Å². The van der Waals surface area contributed by atoms with Gasteiger partial charge in [0.25, 0.3) is 5.91 Å². The molecule has 30 heavy (non-hydrogen) atoms. The highest BCUT2D eigenvalue weighted by molar-refractivity contribution is 5.90. The van der Waals surface area contributed by atoms with E-state index in [-0.39, 0.29) is 12.2 Å². The first-order valence-corrected chi connectivity index (χ1v) is 9.90. The van der Waals surface area contributed by atoms with Crippen LogP contribution >= 0.6 is 0 Å². The second kappa shape index (κ2) is 9.35. The Morgan fingerprint density at radius 2 is 2.17 bits per heavy atom. The molecule has 7 nitrogen and oxygen atoms in total. The van der Waals surface area contributed by atoms with E-state index in [4.69, 9.17) is 16.1 Å². The summed E-state index contributed by atoms with van der Waals surface area (Å²) in [6.45, 7) is 7.77. The number of carbonyl (C=O) groups excluding carboxylic acids is 1. The van der Waals surface area contributed by atoms with Gasteiger partial charge in [-0.15, -0.1) is 0 Å². The zero-order valence-corrected chi connectivity index (χ0v) is 16.4. The smallest absolute Gasteiger partial charge is 0.267 e. The van der Waals surface area contributed by atoms with Crippen LogP contribution in [-0.2, 0) is 20.8 Å². The maximum Gasteiger partial charge on any atom is 0.267 e. The number of imidazole rings is 1. The van der Waals surface area contributed by atoms with Gasteiger partial charge in [-0.1, -0.05) is 30.3 Å². The number of fused-ring (bicyclic) bond motifs is 1. The molecular weight excluding hydrogens is 380 g/mol. The van der Waals surface area contributed by atoms with Gasteiger partial charge in [0, 0.05) is 25.5 Å². The van der Waals surface area contributed by atoms with Crippen molar-refractivity contribution in [3.63, 3.8) is 0 Å². The summed E-state index contributed by atoms with van der Waals surface area (Å²) in [5.41, 5.74) is 6.72. The predicted molar refractivity (Wildman–Crippen MR) is 113 cm³/mol. The van der Waals surface area contributed by atoms with Crippen molar-refractivity contribution in [2.75, 3.05) is 6.61 Å². The minimum absolute atomic E-state index is 0.325. The first-order chi connectivity index (χ1) is 14.7. The lowest BCUT2D eigenvalue weighted by Crippen LogP contribution is -2.32. The number of benzene rings is 2. The fourth-order valence-corrected chi connectivity index (χ4v) is 3.28. The first-order valence-electron chi connectivity index (χ1n) is 9.90. The second-order valence-corrected chi connectivity index (χ2v) is 7.13. The van der Waals surface area contributed by atoms with Gasteiger partial charge < -0.3 is 9.72 Å². The number of nitrogens with zero attached hydrogens (tertiary/aromatic N) is 2. The summed E-state index contributed by atoms with van der Waals surface area (Å²) in [4.78, 5) is 28.4. The SMILES string of the molecule is [C-]#[N+]c1ccc2nc(Cc3ccc(C=CC(=O)NOC4CCCCO4)cc3)[nH]c2c1. The lowest BCUT2D eigenvalue weighted by Gasteiger charge is -2.21. The molecule has 1 aliphatic rings. The molecule has 1 saturated heterocycles. The third-order valence-corrected chi connectivity index (χ3v) is 4.85. The quantitative estimate of drug-likeness (QED) is 0.366. The highest BCUT2D eigenvalue weighted by Crippen LogP contribution is 2.20. The maximum atomic E-state index is 11.9. The van der Waals surface area contributed by atoms with Crippen molar-refractivity contribution in [3.8, 4) is 0 Å². The number of amides is 1. The molecular formula is C23H22N4O3. The first kappa shape index (κ1) is 19.8. The van der Waals surface area contributed by atoms with Crippen LogP contribution in [0.15, 0.2) is 48.5 Å². The third kappa shape index (κ3) is 5.11. The van der Waals surface area contributed by atoms with Crippen LogP contribution in [0.4, 0.5) is 5.69 Å². The van der Waals surface area contributed by atoms with E-state index >= 15 is 0 Å². The molecule has 0 bridgehead atoms. The van der Waals surface area contributed by atoms with Gasteiger partial charge in [-0.2, -0.15) is 0 Å². The van der Waals surface area contributed by atoms with E-state index in [0.29, 0.717) is 18.7 Å². The molecule has 1 unspecified atom stereocenters. The van der Waals surface area contributed by atoms with Crippen LogP contribution in [0.2, 0.25) is 0 Å². The Morgan fingerprint density at radius 3 is 2.93 bits per heavy atom. The van der Waals surface area contributed by atoms with Gasteiger partial charge in [-0.05, 0) is 42.2 Å². The Bertz CT molecular complexity index is 1090. The average molecular weight is 402 g/mol. The lowest BCUT2D eigenvalue weighted by molar-refractivity contribution is -0.198. The van der Waals surface area contributed by atoms with Crippen molar-refractivity contribution in [1.82, 2.24) is 15.4 Å². The highest BCUT2D eigenvalue weighted by Gasteiger charge is 2.14. The molecule has 2 aromatic carbocycles. The third-order valence-electron chi connectivity index (χ3n) is 4.85. The minimum Gasteiger partial charge on any atom is -0.350 e. The molecule has 1 amide bonds. The number of hydrogen-bond donors (Lipinski definition) is 2. The van der Waals surface area contributed by atoms with Crippen LogP contribution in [0.1, 0.15) is 36.2 Å². The number of ether oxygens (including phenoxy) is 1. The number of hydroxylamine groups is 1. The van der Waals surface area contributed by atoms with Crippen LogP contribution < -0.4 is 5.48 Å². The van der Waals surface area contributed by atoms with Crippen LogP contribution in [0.5, 0.6) is 0 Å². The second-order valence-electron chi connectivity index (χ2n) is 7.13. The van der Waals surface area contributed by atoms with Crippen molar-refractivity contribution < 1.29 is 14.4 Å². The van der Waals surface area contributed by atoms with Gasteiger partial charge >= 0.3 is 0 Å². The molecule has 1 atom stereocenters. The van der Waals surface area contributed by atoms with E-state index in [2.05, 4.69) is 20.3 Å². The zero-order valence-electron chi connectivity index (χ0n) is 16.4. The highest BCUT2D eigenvalue weighted by atomic mass is 16.8. The Morgan fingerprint density at radius 1 is 1.30 bits per heavy atom. The summed E-state index contributed by atoms with van der Waals surface area (Å²) < 4.78 is 5.40. The molecule has 2 N–H and O–H groups in total. The molecule has 3 aromatic rings. The van der Waals surface area contributed by atoms with Gasteiger partial charge in [-0.3, -0.25) is 4.79 Å². The Kier molecular flexibility index (Phi) is 6.18. The van der Waals surface area contributed by atoms with E-state index in [9.17, 15) is 4.79 Å². The van der Waals surface area contributed by atoms with Crippen LogP contribution in [0.25, 0.3) is 22.0 Å². The van der Waals surface area contributed by atoms with E-state index in [1.165, 1.54) is 6.08 Å². The normalized spacial score (nSPS) is 16.6. The topological polar surface area (TPSA) is 80.6 Å². The number of aromatic nitrogens is 2. The number of nitrogens with one attached hydrogen (secondary N) is 2. The van der Waals surface area contributed by atoms with Crippen molar-refractivity contribution in [2.24, 2.45) is 0 Å². The van der Waals surface area contributed by atoms with Gasteiger partial charge in [0.15, 0.2) is 12.0 Å². The van der Waals surface area contributed by atoms with Crippen molar-refractivity contribution >= 4 is 28.7 Å². The molecule has 4 rings (SSSR count). The molecule has 7 heteroatoms. The standard InChI is InChI=1S/C23H22N4O3/c1-24-18-10-11-19-20(15-18)26-21(25-19)14-17-7-5-16(6-8-17)9-12-22(28)27-30-23-4-2-3-13-29-23/h5-12,15,23H,2-4,13-14H2,(H,25,26)(H,27,28). The van der Waals surface area contributed by atoms with Gasteiger partial charge in [0.2, 0.25) is 0 Å². The van der Waals surface area contributed by atoms with Crippen molar-refractivity contribution in [2.45, 2.75) is 32.0 Å². The Balaban J connectivity index is 1.31. The summed E-state index contributed by atoms with van der Waals surface area (Å²) >= 11 is 0. The summed E-state index contributed by atoms with van der Waals surface area (Å²) in [6.07, 6.45) is 6.33. The summed E-state index contributed by atoms with van der Waals surface area (Å²) in [6, 6.07) is 13.3. The Labute approximate surface area is 174 Å². The molecule has 1 fully saturated rings. The van der Waals surface area contributed by atoms with Gasteiger partial charge in [-0.25, -0.2) is 20.1 Å². The van der Waals surface area contributed by atoms with Crippen LogP contribution in [-0.4, -0.2) is 28.8 Å². The zero-order chi connectivity index (χ0) is 20.8. The molecule has 0 aliphatic carbocycles. The number of rotatable bonds is 6. The fraction of sp³-hybridized carbons (Fsp3) is 0.261. The molecule has 0 radical (unpaired) electrons. The van der Waals surface area contributed by atoms with Crippen molar-refractivity contribution in [3.05, 3.63) is 76.9 Å². The monoisotopic (exact) mass is 402 g/mol. The maximum absolute atomic E-state index is 11.9. The molecule has 1 aromatic heterocycles. The van der Waals surface area contributed by atoms with E-state index in [1.54, 1.807) is 12.1 Å². The summed E-state index contributed by atoms with van der Waals surface area (Å²) in [5.74, 6) is 0.520. The van der Waals surface area contributed by atoms with Crippen LogP contribution in [0, 0.1) is 6.57 Å². The summed E-state index contributed by atoms with van der Waals surface area (Å²) in [5, 5.41) is 0. The molecule has 2 heterocycles. The van der Waals surface area contributed by atoms with Gasteiger partial charge in [0.05, 0.1) is 17.6 Å². The average Bonchev–Trinajstić information content (AvgIpc) is 3.19. The van der Waals surface area contributed by atoms with E-state index in [1.807, 2.05) is 36.4 Å². The predicted octanol–water partition coefficient (Wildman–Crippen LogP) is 4.29. The number of H-pyrrole nitrogens is 1. The molecule has 0 spiro atoms. The number of hydrogen-bond acceptors (Lipinski definition) is 4. The fourth-order valence-electron chi connectivity index (χ4n) is 3.28. The Hall–Kier alpha value is -3.47. The molecule has 1 aliphatic heterocycles.